The molecule has 4 N–H and O–H groups in total. The van der Waals surface area contributed by atoms with Crippen LogP contribution in [-0.4, -0.2) is 40.0 Å². The molecule has 1 aliphatic carbocycles. The topological polar surface area (TPSA) is 141 Å². The summed E-state index contributed by atoms with van der Waals surface area (Å²) in [4.78, 5) is 17.4. The smallest absolute Gasteiger partial charge is 0.404 e. The first-order valence-electron chi connectivity index (χ1n) is 7.30. The maximum Gasteiger partial charge on any atom is 0.404 e. The van der Waals surface area contributed by atoms with E-state index in [0.29, 0.717) is 23.3 Å². The van der Waals surface area contributed by atoms with E-state index < -0.39 is 6.09 Å². The predicted octanol–water partition coefficient (Wildman–Crippen LogP) is 0.911. The largest absolute Gasteiger partial charge is 0.465 e. The Bertz CT molecular complexity index is 841. The molecule has 118 valence electrons. The lowest BCUT2D eigenvalue weighted by atomic mass is 10.1. The van der Waals surface area contributed by atoms with Crippen molar-refractivity contribution in [2.24, 2.45) is 5.92 Å². The van der Waals surface area contributed by atoms with Gasteiger partial charge in [-0.05, 0) is 24.8 Å². The van der Waals surface area contributed by atoms with Gasteiger partial charge >= 0.3 is 6.09 Å². The Labute approximate surface area is 130 Å². The molecule has 0 radical (unpaired) electrons. The number of amides is 1. The van der Waals surface area contributed by atoms with Crippen molar-refractivity contribution in [3.8, 4) is 6.07 Å². The summed E-state index contributed by atoms with van der Waals surface area (Å²) in [6.07, 6.45) is 0.798. The highest BCUT2D eigenvalue weighted by Gasteiger charge is 2.48. The number of nitrogens with one attached hydrogen (secondary N) is 1. The van der Waals surface area contributed by atoms with Crippen molar-refractivity contribution in [1.82, 2.24) is 15.5 Å². The second kappa shape index (κ2) is 4.74. The quantitative estimate of drug-likeness (QED) is 0.742. The maximum atomic E-state index is 11.0. The Morgan fingerprint density at radius 1 is 1.57 bits per heavy atom. The van der Waals surface area contributed by atoms with Gasteiger partial charge in [-0.1, -0.05) is 5.16 Å². The van der Waals surface area contributed by atoms with E-state index in [9.17, 15) is 10.1 Å². The van der Waals surface area contributed by atoms with Crippen LogP contribution in [0.15, 0.2) is 10.6 Å². The Kier molecular flexibility index (Phi) is 2.81. The minimum atomic E-state index is -1.03. The zero-order valence-corrected chi connectivity index (χ0v) is 12.1. The standard InChI is InChI=1S/C14H14N6O3/c15-4-7-3-8-11(23-19-12(8)16)13(17-7)20-5-6-1-2-9(20)10(6)18-14(21)22/h3,6,9-10,18H,1-2,5H2,(H2,16,19)(H,21,22)/t6-,9-,10+/m0/s1. The van der Waals surface area contributed by atoms with Crippen LogP contribution < -0.4 is 16.0 Å². The van der Waals surface area contributed by atoms with Crippen molar-refractivity contribution in [2.45, 2.75) is 24.9 Å². The molecule has 3 heterocycles. The minimum Gasteiger partial charge on any atom is -0.465 e. The first kappa shape index (κ1) is 13.6. The van der Waals surface area contributed by atoms with Gasteiger partial charge in [-0.2, -0.15) is 5.26 Å². The summed E-state index contributed by atoms with van der Waals surface area (Å²) in [6, 6.07) is 3.41. The molecule has 2 bridgehead atoms. The molecule has 2 fully saturated rings. The van der Waals surface area contributed by atoms with Gasteiger partial charge in [0, 0.05) is 6.54 Å². The molecule has 1 saturated carbocycles. The number of carbonyl (C=O) groups is 1. The van der Waals surface area contributed by atoms with E-state index in [1.165, 1.54) is 0 Å². The number of aromatic nitrogens is 2. The summed E-state index contributed by atoms with van der Waals surface area (Å²) in [5, 5.41) is 25.1. The van der Waals surface area contributed by atoms with Gasteiger partial charge in [-0.25, -0.2) is 9.78 Å². The Morgan fingerprint density at radius 3 is 3.13 bits per heavy atom. The molecule has 2 aliphatic rings. The normalized spacial score (nSPS) is 25.7. The molecular formula is C14H14N6O3. The van der Waals surface area contributed by atoms with Gasteiger partial charge in [0.1, 0.15) is 11.8 Å². The summed E-state index contributed by atoms with van der Waals surface area (Å²) >= 11 is 0. The van der Waals surface area contributed by atoms with Gasteiger partial charge in [0.15, 0.2) is 11.6 Å². The highest BCUT2D eigenvalue weighted by atomic mass is 16.5. The van der Waals surface area contributed by atoms with Crippen molar-refractivity contribution in [1.29, 1.82) is 5.26 Å². The summed E-state index contributed by atoms with van der Waals surface area (Å²) in [5.41, 5.74) is 6.45. The fraction of sp³-hybridized carbons (Fsp3) is 0.429. The van der Waals surface area contributed by atoms with Crippen LogP contribution in [0.1, 0.15) is 18.5 Å². The van der Waals surface area contributed by atoms with Gasteiger partial charge in [0.2, 0.25) is 5.58 Å². The molecule has 1 amide bonds. The maximum absolute atomic E-state index is 11.0. The van der Waals surface area contributed by atoms with Crippen molar-refractivity contribution >= 4 is 28.7 Å². The lowest BCUT2D eigenvalue weighted by Crippen LogP contribution is -2.43. The number of fused-ring (bicyclic) bond motifs is 3. The van der Waals surface area contributed by atoms with Crippen molar-refractivity contribution in [2.75, 3.05) is 17.2 Å². The first-order chi connectivity index (χ1) is 11.1. The number of pyridine rings is 1. The number of nitriles is 1. The second-order valence-electron chi connectivity index (χ2n) is 5.92. The molecule has 0 unspecified atom stereocenters. The van der Waals surface area contributed by atoms with E-state index >= 15 is 0 Å². The lowest BCUT2D eigenvalue weighted by Gasteiger charge is -2.28. The zero-order chi connectivity index (χ0) is 16.1. The highest BCUT2D eigenvalue weighted by molar-refractivity contribution is 5.95. The lowest BCUT2D eigenvalue weighted by molar-refractivity contribution is 0.188. The van der Waals surface area contributed by atoms with Gasteiger partial charge in [0.05, 0.1) is 17.5 Å². The number of nitrogens with two attached hydrogens (primary N) is 1. The molecule has 9 heteroatoms. The second-order valence-corrected chi connectivity index (χ2v) is 5.92. The molecular weight excluding hydrogens is 300 g/mol. The van der Waals surface area contributed by atoms with Crippen molar-refractivity contribution in [3.05, 3.63) is 11.8 Å². The fourth-order valence-electron chi connectivity index (χ4n) is 3.80. The number of piperidine rings is 1. The van der Waals surface area contributed by atoms with E-state index in [-0.39, 0.29) is 29.5 Å². The Morgan fingerprint density at radius 2 is 2.39 bits per heavy atom. The average molecular weight is 314 g/mol. The Balaban J connectivity index is 1.78. The molecule has 1 saturated heterocycles. The number of hydrogen-bond donors (Lipinski definition) is 3. The molecule has 23 heavy (non-hydrogen) atoms. The third-order valence-corrected chi connectivity index (χ3v) is 4.73. The molecule has 9 nitrogen and oxygen atoms in total. The number of nitrogen functional groups attached to an aromatic ring is 1. The zero-order valence-electron chi connectivity index (χ0n) is 12.1. The van der Waals surface area contributed by atoms with E-state index in [1.807, 2.05) is 11.0 Å². The van der Waals surface area contributed by atoms with Crippen LogP contribution in [-0.2, 0) is 0 Å². The third-order valence-electron chi connectivity index (χ3n) is 4.73. The molecule has 3 atom stereocenters. The van der Waals surface area contributed by atoms with Crippen LogP contribution in [0.2, 0.25) is 0 Å². The average Bonchev–Trinajstić information content (AvgIpc) is 3.20. The van der Waals surface area contributed by atoms with Crippen LogP contribution in [0.3, 0.4) is 0 Å². The molecule has 0 aromatic carbocycles. The first-order valence-corrected chi connectivity index (χ1v) is 7.30. The van der Waals surface area contributed by atoms with Crippen LogP contribution in [0.4, 0.5) is 16.4 Å². The number of nitrogens with zero attached hydrogens (tertiary/aromatic N) is 4. The monoisotopic (exact) mass is 314 g/mol. The number of hydrogen-bond acceptors (Lipinski definition) is 7. The summed E-state index contributed by atoms with van der Waals surface area (Å²) in [6.45, 7) is 0.660. The third kappa shape index (κ3) is 1.95. The Hall–Kier alpha value is -3.02. The van der Waals surface area contributed by atoms with E-state index in [0.717, 1.165) is 12.8 Å². The summed E-state index contributed by atoms with van der Waals surface area (Å²) in [5.74, 6) is 0.941. The van der Waals surface area contributed by atoms with Gasteiger partial charge in [0.25, 0.3) is 0 Å². The van der Waals surface area contributed by atoms with E-state index in [1.54, 1.807) is 6.07 Å². The minimum absolute atomic E-state index is 0.00735. The van der Waals surface area contributed by atoms with Gasteiger partial charge < -0.3 is 25.6 Å². The van der Waals surface area contributed by atoms with Crippen molar-refractivity contribution < 1.29 is 14.4 Å². The fourth-order valence-corrected chi connectivity index (χ4v) is 3.80. The van der Waals surface area contributed by atoms with Gasteiger partial charge in [-0.3, -0.25) is 0 Å². The summed E-state index contributed by atoms with van der Waals surface area (Å²) in [7, 11) is 0. The van der Waals surface area contributed by atoms with Crippen LogP contribution >= 0.6 is 0 Å². The molecule has 2 aromatic heterocycles. The van der Waals surface area contributed by atoms with E-state index in [4.69, 9.17) is 15.4 Å². The van der Waals surface area contributed by atoms with Crippen LogP contribution in [0.25, 0.3) is 11.0 Å². The molecule has 4 rings (SSSR count). The van der Waals surface area contributed by atoms with Crippen LogP contribution in [0, 0.1) is 17.2 Å². The SMILES string of the molecule is N#Cc1cc2c(N)noc2c(N2C[C@@H]3CC[C@H]2[C@@H]3NC(=O)O)n1. The number of rotatable bonds is 2. The predicted molar refractivity (Wildman–Crippen MR) is 79.7 cm³/mol. The molecule has 0 spiro atoms. The number of anilines is 2. The molecule has 1 aliphatic heterocycles. The number of carboxylic acid groups (broad SMARTS) is 1. The molecule has 2 aromatic rings. The van der Waals surface area contributed by atoms with Gasteiger partial charge in [-0.15, -0.1) is 0 Å². The summed E-state index contributed by atoms with van der Waals surface area (Å²) < 4.78 is 5.29. The van der Waals surface area contributed by atoms with E-state index in [2.05, 4.69) is 15.5 Å². The van der Waals surface area contributed by atoms with Crippen LogP contribution in [0.5, 0.6) is 0 Å². The highest BCUT2D eigenvalue weighted by Crippen LogP contribution is 2.42. The van der Waals surface area contributed by atoms with Crippen molar-refractivity contribution in [3.63, 3.8) is 0 Å².